The maximum absolute atomic E-state index is 6.25. The van der Waals surface area contributed by atoms with Gasteiger partial charge in [0, 0.05) is 16.0 Å². The number of hydrogen-bond donors (Lipinski definition) is 0. The van der Waals surface area contributed by atoms with Crippen LogP contribution in [0.5, 0.6) is 0 Å². The fourth-order valence-electron chi connectivity index (χ4n) is 4.20. The molecule has 1 heterocycles. The van der Waals surface area contributed by atoms with Gasteiger partial charge in [-0.1, -0.05) is 72.3 Å². The Balaban J connectivity index is 0.00000245. The molecule has 4 aromatic carbocycles. The van der Waals surface area contributed by atoms with Crippen molar-refractivity contribution in [3.05, 3.63) is 120 Å². The molecule has 32 heavy (non-hydrogen) atoms. The third-order valence-corrected chi connectivity index (χ3v) is 10.1. The van der Waals surface area contributed by atoms with Crippen molar-refractivity contribution in [2.45, 2.75) is 0 Å². The van der Waals surface area contributed by atoms with Crippen molar-refractivity contribution < 1.29 is 17.0 Å². The van der Waals surface area contributed by atoms with Crippen LogP contribution in [0.15, 0.2) is 115 Å². The summed E-state index contributed by atoms with van der Waals surface area (Å²) in [7, 11) is -1.87. The zero-order chi connectivity index (χ0) is 21.3. The van der Waals surface area contributed by atoms with Gasteiger partial charge >= 0.3 is 0 Å². The van der Waals surface area contributed by atoms with E-state index in [0.717, 1.165) is 16.6 Å². The highest BCUT2D eigenvalue weighted by molar-refractivity contribution is 7.95. The molecule has 0 aliphatic rings. The lowest BCUT2D eigenvalue weighted by Gasteiger charge is -2.25. The molecule has 158 valence electrons. The number of pyridine rings is 1. The van der Waals surface area contributed by atoms with Gasteiger partial charge in [-0.05, 0) is 54.6 Å². The zero-order valence-electron chi connectivity index (χ0n) is 17.6. The van der Waals surface area contributed by atoms with Crippen LogP contribution in [0.3, 0.4) is 0 Å². The van der Waals surface area contributed by atoms with Crippen molar-refractivity contribution in [3.8, 4) is 11.3 Å². The van der Waals surface area contributed by atoms with Crippen molar-refractivity contribution >= 4 is 45.7 Å². The SMILES string of the molecule is C[P+](c1ccccc1)(c1ccccc1)c1ccccc1-c1ccc2ccc(Cl)cc2n1.[Br-]. The van der Waals surface area contributed by atoms with Gasteiger partial charge in [-0.3, -0.25) is 0 Å². The van der Waals surface area contributed by atoms with Gasteiger partial charge in [-0.2, -0.15) is 0 Å². The second kappa shape index (κ2) is 9.55. The Bertz CT molecular complexity index is 1320. The van der Waals surface area contributed by atoms with E-state index in [1.165, 1.54) is 21.5 Å². The molecule has 0 atom stereocenters. The minimum atomic E-state index is -1.87. The third-order valence-electron chi connectivity index (χ3n) is 5.86. The molecule has 1 nitrogen and oxygen atoms in total. The van der Waals surface area contributed by atoms with Gasteiger partial charge in [0.15, 0.2) is 0 Å². The summed E-state index contributed by atoms with van der Waals surface area (Å²) in [5, 5.41) is 5.85. The smallest absolute Gasteiger partial charge is 0.113 e. The first kappa shape index (κ1) is 22.7. The van der Waals surface area contributed by atoms with Crippen LogP contribution in [0.1, 0.15) is 0 Å². The van der Waals surface area contributed by atoms with Crippen molar-refractivity contribution in [1.82, 2.24) is 4.98 Å². The molecule has 0 bridgehead atoms. The van der Waals surface area contributed by atoms with E-state index < -0.39 is 7.26 Å². The summed E-state index contributed by atoms with van der Waals surface area (Å²) in [6, 6.07) is 40.5. The summed E-state index contributed by atoms with van der Waals surface area (Å²) in [6.45, 7) is 2.41. The summed E-state index contributed by atoms with van der Waals surface area (Å²) < 4.78 is 0. The molecular formula is C28H22BrClNP. The van der Waals surface area contributed by atoms with Gasteiger partial charge in [0.05, 0.1) is 17.9 Å². The molecule has 5 rings (SSSR count). The van der Waals surface area contributed by atoms with Gasteiger partial charge in [-0.25, -0.2) is 4.98 Å². The quantitative estimate of drug-likeness (QED) is 0.332. The normalized spacial score (nSPS) is 11.2. The average molecular weight is 519 g/mol. The van der Waals surface area contributed by atoms with Crippen LogP contribution in [0.2, 0.25) is 5.02 Å². The Morgan fingerprint density at radius 2 is 1.22 bits per heavy atom. The lowest BCUT2D eigenvalue weighted by atomic mass is 10.1. The minimum Gasteiger partial charge on any atom is -1.00 e. The fourth-order valence-corrected chi connectivity index (χ4v) is 7.81. The van der Waals surface area contributed by atoms with Crippen LogP contribution in [0.4, 0.5) is 0 Å². The van der Waals surface area contributed by atoms with Crippen molar-refractivity contribution in [3.63, 3.8) is 0 Å². The Kier molecular flexibility index (Phi) is 6.76. The maximum Gasteiger partial charge on any atom is 0.113 e. The summed E-state index contributed by atoms with van der Waals surface area (Å²) in [5.74, 6) is 0. The summed E-state index contributed by atoms with van der Waals surface area (Å²) in [4.78, 5) is 5.00. The second-order valence-electron chi connectivity index (χ2n) is 7.73. The fraction of sp³-hybridized carbons (Fsp3) is 0.0357. The van der Waals surface area contributed by atoms with E-state index in [1.54, 1.807) is 0 Å². The summed E-state index contributed by atoms with van der Waals surface area (Å²) >= 11 is 6.25. The Hall–Kier alpha value is -2.51. The molecule has 0 fully saturated rings. The predicted molar refractivity (Wildman–Crippen MR) is 137 cm³/mol. The minimum absolute atomic E-state index is 0. The topological polar surface area (TPSA) is 12.9 Å². The molecule has 5 aromatic rings. The van der Waals surface area contributed by atoms with Gasteiger partial charge in [0.2, 0.25) is 0 Å². The van der Waals surface area contributed by atoms with E-state index >= 15 is 0 Å². The molecule has 0 spiro atoms. The number of benzene rings is 4. The van der Waals surface area contributed by atoms with Gasteiger partial charge in [-0.15, -0.1) is 0 Å². The lowest BCUT2D eigenvalue weighted by molar-refractivity contribution is -0.00000593. The summed E-state index contributed by atoms with van der Waals surface area (Å²) in [5.41, 5.74) is 3.07. The van der Waals surface area contributed by atoms with Crippen LogP contribution < -0.4 is 32.9 Å². The number of halogens is 2. The summed E-state index contributed by atoms with van der Waals surface area (Å²) in [6.07, 6.45) is 0. The zero-order valence-corrected chi connectivity index (χ0v) is 20.9. The third kappa shape index (κ3) is 4.11. The molecule has 0 saturated carbocycles. The highest BCUT2D eigenvalue weighted by Crippen LogP contribution is 2.53. The number of fused-ring (bicyclic) bond motifs is 1. The molecule has 4 heteroatoms. The van der Waals surface area contributed by atoms with Crippen LogP contribution >= 0.6 is 18.9 Å². The highest BCUT2D eigenvalue weighted by atomic mass is 79.9. The molecule has 1 aromatic heterocycles. The van der Waals surface area contributed by atoms with Crippen LogP contribution in [-0.4, -0.2) is 11.6 Å². The van der Waals surface area contributed by atoms with E-state index in [4.69, 9.17) is 16.6 Å². The van der Waals surface area contributed by atoms with Crippen LogP contribution in [0.25, 0.3) is 22.2 Å². The second-order valence-corrected chi connectivity index (χ2v) is 11.7. The molecule has 0 amide bonds. The number of aromatic nitrogens is 1. The van der Waals surface area contributed by atoms with Gasteiger partial charge in [0.25, 0.3) is 0 Å². The van der Waals surface area contributed by atoms with E-state index in [-0.39, 0.29) is 17.0 Å². The predicted octanol–water partition coefficient (Wildman–Crippen LogP) is 3.48. The van der Waals surface area contributed by atoms with Gasteiger partial charge in [0.1, 0.15) is 23.2 Å². The molecule has 0 N–H and O–H groups in total. The lowest BCUT2D eigenvalue weighted by Crippen LogP contribution is -3.00. The first-order valence-electron chi connectivity index (χ1n) is 10.3. The monoisotopic (exact) mass is 517 g/mol. The molecule has 0 aliphatic carbocycles. The highest BCUT2D eigenvalue weighted by Gasteiger charge is 2.42. The van der Waals surface area contributed by atoms with Crippen molar-refractivity contribution in [2.75, 3.05) is 6.66 Å². The Morgan fingerprint density at radius 1 is 0.656 bits per heavy atom. The first-order valence-corrected chi connectivity index (χ1v) is 12.9. The number of rotatable bonds is 4. The molecule has 0 aliphatic heterocycles. The van der Waals surface area contributed by atoms with E-state index in [9.17, 15) is 0 Å². The molecule has 0 saturated heterocycles. The number of nitrogens with zero attached hydrogens (tertiary/aromatic N) is 1. The first-order chi connectivity index (χ1) is 15.2. The van der Waals surface area contributed by atoms with Crippen molar-refractivity contribution in [1.29, 1.82) is 0 Å². The number of hydrogen-bond acceptors (Lipinski definition) is 1. The van der Waals surface area contributed by atoms with E-state index in [1.807, 2.05) is 18.2 Å². The standard InChI is InChI=1S/C28H22ClNP.BrH/c1-31(23-10-4-2-5-11-23,24-12-6-3-7-13-24)28-15-9-8-14-25(28)26-19-17-21-16-18-22(29)20-27(21)30-26;/h2-20H,1H3;1H/q+1;/p-1. The Labute approximate surface area is 205 Å². The molecule has 0 unspecified atom stereocenters. The van der Waals surface area contributed by atoms with Gasteiger partial charge < -0.3 is 17.0 Å². The van der Waals surface area contributed by atoms with E-state index in [0.29, 0.717) is 5.02 Å². The van der Waals surface area contributed by atoms with E-state index in [2.05, 4.69) is 104 Å². The van der Waals surface area contributed by atoms with Crippen molar-refractivity contribution in [2.24, 2.45) is 0 Å². The van der Waals surface area contributed by atoms with Crippen LogP contribution in [-0.2, 0) is 0 Å². The maximum atomic E-state index is 6.25. The largest absolute Gasteiger partial charge is 1.00 e. The van der Waals surface area contributed by atoms with Crippen LogP contribution in [0, 0.1) is 0 Å². The average Bonchev–Trinajstić information content (AvgIpc) is 2.84. The molecule has 0 radical (unpaired) electrons. The molecular weight excluding hydrogens is 497 g/mol. The Morgan fingerprint density at radius 3 is 1.88 bits per heavy atom.